The minimum atomic E-state index is -0.860. The molecule has 21 heavy (non-hydrogen) atoms. The Balaban J connectivity index is 2.20. The van der Waals surface area contributed by atoms with Crippen LogP contribution in [0.5, 0.6) is 0 Å². The average Bonchev–Trinajstić information content (AvgIpc) is 2.45. The molecule has 114 valence electrons. The maximum atomic E-state index is 12.2. The van der Waals surface area contributed by atoms with Crippen LogP contribution in [0, 0.1) is 5.92 Å². The number of amides is 1. The maximum Gasteiger partial charge on any atom is 0.337 e. The van der Waals surface area contributed by atoms with E-state index < -0.39 is 18.1 Å². The second-order valence-corrected chi connectivity index (χ2v) is 5.20. The molecule has 2 unspecified atom stereocenters. The Bertz CT molecular complexity index is 484. The van der Waals surface area contributed by atoms with Gasteiger partial charge in [0.15, 0.2) is 6.10 Å². The van der Waals surface area contributed by atoms with E-state index in [1.807, 2.05) is 30.3 Å². The van der Waals surface area contributed by atoms with Crippen molar-refractivity contribution >= 4 is 11.9 Å². The van der Waals surface area contributed by atoms with E-state index in [2.05, 4.69) is 5.32 Å². The van der Waals surface area contributed by atoms with Gasteiger partial charge in [0.2, 0.25) is 5.91 Å². The van der Waals surface area contributed by atoms with Gasteiger partial charge in [-0.15, -0.1) is 0 Å². The van der Waals surface area contributed by atoms with E-state index in [-0.39, 0.29) is 11.8 Å². The number of hydrogen-bond acceptors (Lipinski definition) is 4. The summed E-state index contributed by atoms with van der Waals surface area (Å²) in [6, 6.07) is 8.79. The molecule has 1 aliphatic carbocycles. The van der Waals surface area contributed by atoms with Crippen LogP contribution < -0.4 is 5.32 Å². The Morgan fingerprint density at radius 3 is 2.33 bits per heavy atom. The van der Waals surface area contributed by atoms with Gasteiger partial charge in [-0.25, -0.2) is 4.79 Å². The number of carbonyl (C=O) groups is 2. The van der Waals surface area contributed by atoms with E-state index in [4.69, 9.17) is 9.47 Å². The fraction of sp³-hybridized carbons (Fsp3) is 0.500. The molecule has 0 spiro atoms. The van der Waals surface area contributed by atoms with Gasteiger partial charge in [0, 0.05) is 13.0 Å². The van der Waals surface area contributed by atoms with Crippen molar-refractivity contribution in [2.24, 2.45) is 5.92 Å². The number of benzene rings is 1. The SMILES string of the molecule is COC(=O)C(OC)C(NC(=O)C1CCC1)c1ccccc1. The third kappa shape index (κ3) is 3.61. The van der Waals surface area contributed by atoms with Crippen molar-refractivity contribution in [1.29, 1.82) is 0 Å². The second-order valence-electron chi connectivity index (χ2n) is 5.20. The van der Waals surface area contributed by atoms with Gasteiger partial charge in [-0.3, -0.25) is 4.79 Å². The molecule has 0 bridgehead atoms. The van der Waals surface area contributed by atoms with Crippen LogP contribution in [-0.2, 0) is 19.1 Å². The molecule has 1 aromatic carbocycles. The molecule has 0 heterocycles. The molecule has 1 aromatic rings. The van der Waals surface area contributed by atoms with Crippen molar-refractivity contribution in [2.45, 2.75) is 31.4 Å². The summed E-state index contributed by atoms with van der Waals surface area (Å²) >= 11 is 0. The van der Waals surface area contributed by atoms with E-state index >= 15 is 0 Å². The highest BCUT2D eigenvalue weighted by atomic mass is 16.6. The molecule has 0 aromatic heterocycles. The predicted octanol–water partition coefficient (Wildman–Crippen LogP) is 1.83. The number of esters is 1. The zero-order chi connectivity index (χ0) is 15.2. The minimum Gasteiger partial charge on any atom is -0.467 e. The minimum absolute atomic E-state index is 0.0268. The van der Waals surface area contributed by atoms with Gasteiger partial charge in [-0.1, -0.05) is 36.8 Å². The lowest BCUT2D eigenvalue weighted by molar-refractivity contribution is -0.155. The highest BCUT2D eigenvalue weighted by Crippen LogP contribution is 2.28. The first-order valence-electron chi connectivity index (χ1n) is 7.13. The fourth-order valence-corrected chi connectivity index (χ4v) is 2.42. The molecule has 0 radical (unpaired) electrons. The largest absolute Gasteiger partial charge is 0.467 e. The summed E-state index contributed by atoms with van der Waals surface area (Å²) in [6.45, 7) is 0. The van der Waals surface area contributed by atoms with Crippen LogP contribution in [0.25, 0.3) is 0 Å². The fourth-order valence-electron chi connectivity index (χ4n) is 2.42. The molecule has 1 N–H and O–H groups in total. The van der Waals surface area contributed by atoms with Crippen LogP contribution in [0.15, 0.2) is 30.3 Å². The van der Waals surface area contributed by atoms with Gasteiger partial charge < -0.3 is 14.8 Å². The normalized spacial score (nSPS) is 17.4. The number of hydrogen-bond donors (Lipinski definition) is 1. The van der Waals surface area contributed by atoms with Gasteiger partial charge in [0.25, 0.3) is 0 Å². The quantitative estimate of drug-likeness (QED) is 0.812. The molecule has 1 fully saturated rings. The summed E-state index contributed by atoms with van der Waals surface area (Å²) in [7, 11) is 2.75. The van der Waals surface area contributed by atoms with Crippen molar-refractivity contribution in [2.75, 3.05) is 14.2 Å². The molecule has 2 rings (SSSR count). The van der Waals surface area contributed by atoms with Gasteiger partial charge in [-0.2, -0.15) is 0 Å². The molecular formula is C16H21NO4. The van der Waals surface area contributed by atoms with E-state index in [0.29, 0.717) is 0 Å². The summed E-state index contributed by atoms with van der Waals surface area (Å²) < 4.78 is 10.0. The third-order valence-corrected chi connectivity index (χ3v) is 3.92. The number of carbonyl (C=O) groups excluding carboxylic acids is 2. The molecule has 0 saturated heterocycles. The summed E-state index contributed by atoms with van der Waals surface area (Å²) in [6.07, 6.45) is 2.03. The zero-order valence-electron chi connectivity index (χ0n) is 12.4. The lowest BCUT2D eigenvalue weighted by atomic mass is 9.84. The first-order valence-corrected chi connectivity index (χ1v) is 7.13. The van der Waals surface area contributed by atoms with E-state index in [1.54, 1.807) is 0 Å². The predicted molar refractivity (Wildman–Crippen MR) is 77.5 cm³/mol. The number of rotatable bonds is 6. The van der Waals surface area contributed by atoms with Crippen molar-refractivity contribution in [1.82, 2.24) is 5.32 Å². The van der Waals surface area contributed by atoms with Gasteiger partial charge in [-0.05, 0) is 18.4 Å². The number of methoxy groups -OCH3 is 2. The van der Waals surface area contributed by atoms with Gasteiger partial charge >= 0.3 is 5.97 Å². The topological polar surface area (TPSA) is 64.6 Å². The highest BCUT2D eigenvalue weighted by Gasteiger charge is 2.34. The van der Waals surface area contributed by atoms with Crippen LogP contribution in [0.1, 0.15) is 30.9 Å². The van der Waals surface area contributed by atoms with E-state index in [0.717, 1.165) is 24.8 Å². The molecule has 1 amide bonds. The van der Waals surface area contributed by atoms with Crippen molar-refractivity contribution in [3.05, 3.63) is 35.9 Å². The van der Waals surface area contributed by atoms with E-state index in [9.17, 15) is 9.59 Å². The first kappa shape index (κ1) is 15.5. The Morgan fingerprint density at radius 2 is 1.86 bits per heavy atom. The molecule has 1 aliphatic rings. The highest BCUT2D eigenvalue weighted by molar-refractivity contribution is 5.82. The zero-order valence-corrected chi connectivity index (χ0v) is 12.4. The van der Waals surface area contributed by atoms with Gasteiger partial charge in [0.05, 0.1) is 13.2 Å². The summed E-state index contributed by atoms with van der Waals surface area (Å²) in [5, 5.41) is 2.94. The molecular weight excluding hydrogens is 270 g/mol. The standard InChI is InChI=1S/C16H21NO4/c1-20-14(16(19)21-2)13(11-7-4-3-5-8-11)17-15(18)12-9-6-10-12/h3-5,7-8,12-14H,6,9-10H2,1-2H3,(H,17,18). The van der Waals surface area contributed by atoms with Crippen molar-refractivity contribution in [3.63, 3.8) is 0 Å². The monoisotopic (exact) mass is 291 g/mol. The number of ether oxygens (including phenoxy) is 2. The van der Waals surface area contributed by atoms with Crippen LogP contribution in [0.3, 0.4) is 0 Å². The summed E-state index contributed by atoms with van der Waals surface area (Å²) in [5.74, 6) is -0.479. The molecule has 2 atom stereocenters. The Morgan fingerprint density at radius 1 is 1.19 bits per heavy atom. The molecule has 1 saturated carbocycles. The second kappa shape index (κ2) is 7.22. The maximum absolute atomic E-state index is 12.2. The summed E-state index contributed by atoms with van der Waals surface area (Å²) in [5.41, 5.74) is 0.822. The van der Waals surface area contributed by atoms with E-state index in [1.165, 1.54) is 14.2 Å². The van der Waals surface area contributed by atoms with Crippen molar-refractivity contribution in [3.8, 4) is 0 Å². The van der Waals surface area contributed by atoms with Crippen LogP contribution in [0.4, 0.5) is 0 Å². The van der Waals surface area contributed by atoms with Crippen LogP contribution >= 0.6 is 0 Å². The Labute approximate surface area is 124 Å². The molecule has 5 nitrogen and oxygen atoms in total. The molecule has 5 heteroatoms. The Hall–Kier alpha value is -1.88. The average molecular weight is 291 g/mol. The first-order chi connectivity index (χ1) is 10.2. The smallest absolute Gasteiger partial charge is 0.337 e. The van der Waals surface area contributed by atoms with Crippen LogP contribution in [0.2, 0.25) is 0 Å². The van der Waals surface area contributed by atoms with Crippen LogP contribution in [-0.4, -0.2) is 32.2 Å². The van der Waals surface area contributed by atoms with Crippen molar-refractivity contribution < 1.29 is 19.1 Å². The lowest BCUT2D eigenvalue weighted by Crippen LogP contribution is -2.45. The Kier molecular flexibility index (Phi) is 5.33. The molecule has 0 aliphatic heterocycles. The number of nitrogens with one attached hydrogen (secondary N) is 1. The lowest BCUT2D eigenvalue weighted by Gasteiger charge is -2.30. The van der Waals surface area contributed by atoms with Gasteiger partial charge in [0.1, 0.15) is 0 Å². The summed E-state index contributed by atoms with van der Waals surface area (Å²) in [4.78, 5) is 24.1. The third-order valence-electron chi connectivity index (χ3n) is 3.92.